The summed E-state index contributed by atoms with van der Waals surface area (Å²) in [6.45, 7) is 6.47. The molecule has 0 unspecified atom stereocenters. The standard InChI is InChI=1S/C11H17BrN2/c1-9-6-5-7-13-10(9)14(4)11(2,3)8-12/h5-7H,8H2,1-4H3. The minimum absolute atomic E-state index is 0.0825. The minimum Gasteiger partial charge on any atom is -0.354 e. The van der Waals surface area contributed by atoms with Gasteiger partial charge in [-0.3, -0.25) is 0 Å². The smallest absolute Gasteiger partial charge is 0.131 e. The van der Waals surface area contributed by atoms with E-state index >= 15 is 0 Å². The van der Waals surface area contributed by atoms with Gasteiger partial charge < -0.3 is 4.90 Å². The third kappa shape index (κ3) is 2.27. The summed E-state index contributed by atoms with van der Waals surface area (Å²) < 4.78 is 0. The third-order valence-electron chi connectivity index (χ3n) is 2.53. The van der Waals surface area contributed by atoms with Gasteiger partial charge in [0.15, 0.2) is 0 Å². The molecule has 0 saturated heterocycles. The van der Waals surface area contributed by atoms with Crippen molar-refractivity contribution in [1.29, 1.82) is 0 Å². The third-order valence-corrected chi connectivity index (χ3v) is 3.91. The molecule has 0 amide bonds. The van der Waals surface area contributed by atoms with E-state index in [-0.39, 0.29) is 5.54 Å². The molecule has 0 aliphatic carbocycles. The average molecular weight is 257 g/mol. The summed E-state index contributed by atoms with van der Waals surface area (Å²) >= 11 is 3.52. The fourth-order valence-electron chi connectivity index (χ4n) is 1.20. The highest BCUT2D eigenvalue weighted by molar-refractivity contribution is 9.09. The van der Waals surface area contributed by atoms with Gasteiger partial charge in [-0.15, -0.1) is 0 Å². The van der Waals surface area contributed by atoms with Crippen LogP contribution < -0.4 is 4.90 Å². The molecule has 3 heteroatoms. The van der Waals surface area contributed by atoms with Crippen molar-refractivity contribution in [2.24, 2.45) is 0 Å². The molecule has 2 nitrogen and oxygen atoms in total. The summed E-state index contributed by atoms with van der Waals surface area (Å²) in [6.07, 6.45) is 1.84. The maximum Gasteiger partial charge on any atom is 0.131 e. The molecule has 1 aromatic rings. The summed E-state index contributed by atoms with van der Waals surface area (Å²) in [6, 6.07) is 4.05. The van der Waals surface area contributed by atoms with Crippen LogP contribution in [0.25, 0.3) is 0 Å². The van der Waals surface area contributed by atoms with Crippen molar-refractivity contribution in [2.75, 3.05) is 17.3 Å². The van der Waals surface area contributed by atoms with E-state index in [1.807, 2.05) is 12.3 Å². The second-order valence-electron chi connectivity index (χ2n) is 4.15. The molecule has 0 N–H and O–H groups in total. The fraction of sp³-hybridized carbons (Fsp3) is 0.545. The van der Waals surface area contributed by atoms with Crippen LogP contribution in [0.5, 0.6) is 0 Å². The number of anilines is 1. The molecule has 0 saturated carbocycles. The van der Waals surface area contributed by atoms with Gasteiger partial charge in [0.2, 0.25) is 0 Å². The minimum atomic E-state index is 0.0825. The Kier molecular flexibility index (Phi) is 3.53. The van der Waals surface area contributed by atoms with E-state index in [0.29, 0.717) is 0 Å². The molecular weight excluding hydrogens is 240 g/mol. The Hall–Kier alpha value is -0.570. The number of rotatable bonds is 3. The lowest BCUT2D eigenvalue weighted by Crippen LogP contribution is -2.43. The predicted molar refractivity (Wildman–Crippen MR) is 65.3 cm³/mol. The Morgan fingerprint density at radius 2 is 2.14 bits per heavy atom. The van der Waals surface area contributed by atoms with E-state index in [0.717, 1.165) is 11.1 Å². The van der Waals surface area contributed by atoms with Gasteiger partial charge in [-0.05, 0) is 32.4 Å². The monoisotopic (exact) mass is 256 g/mol. The van der Waals surface area contributed by atoms with Crippen LogP contribution in [-0.2, 0) is 0 Å². The molecular formula is C11H17BrN2. The van der Waals surface area contributed by atoms with Crippen LogP contribution in [0, 0.1) is 6.92 Å². The normalized spacial score (nSPS) is 11.5. The zero-order chi connectivity index (χ0) is 10.8. The molecule has 78 valence electrons. The maximum atomic E-state index is 4.40. The van der Waals surface area contributed by atoms with Crippen LogP contribution in [0.3, 0.4) is 0 Å². The van der Waals surface area contributed by atoms with E-state index in [2.05, 4.69) is 59.7 Å². The summed E-state index contributed by atoms with van der Waals surface area (Å²) in [5, 5.41) is 0.923. The van der Waals surface area contributed by atoms with Gasteiger partial charge >= 0.3 is 0 Å². The van der Waals surface area contributed by atoms with Crippen LogP contribution in [0.1, 0.15) is 19.4 Å². The van der Waals surface area contributed by atoms with Gasteiger partial charge in [-0.1, -0.05) is 22.0 Å². The Morgan fingerprint density at radius 3 is 2.64 bits per heavy atom. The highest BCUT2D eigenvalue weighted by Gasteiger charge is 2.23. The fourth-order valence-corrected chi connectivity index (χ4v) is 1.58. The van der Waals surface area contributed by atoms with Crippen molar-refractivity contribution in [3.05, 3.63) is 23.9 Å². The molecule has 0 aliphatic rings. The summed E-state index contributed by atoms with van der Waals surface area (Å²) in [4.78, 5) is 6.60. The molecule has 1 aromatic heterocycles. The molecule has 0 spiro atoms. The van der Waals surface area contributed by atoms with Crippen LogP contribution >= 0.6 is 15.9 Å². The largest absolute Gasteiger partial charge is 0.354 e. The number of hydrogen-bond acceptors (Lipinski definition) is 2. The van der Waals surface area contributed by atoms with Crippen LogP contribution in [0.2, 0.25) is 0 Å². The van der Waals surface area contributed by atoms with Crippen LogP contribution in [0.15, 0.2) is 18.3 Å². The lowest BCUT2D eigenvalue weighted by atomic mass is 10.1. The first-order chi connectivity index (χ1) is 6.49. The van der Waals surface area contributed by atoms with Crippen molar-refractivity contribution in [3.8, 4) is 0 Å². The number of aromatic nitrogens is 1. The van der Waals surface area contributed by atoms with Crippen molar-refractivity contribution in [2.45, 2.75) is 26.3 Å². The van der Waals surface area contributed by atoms with Crippen LogP contribution in [-0.4, -0.2) is 22.9 Å². The first kappa shape index (κ1) is 11.5. The molecule has 0 radical (unpaired) electrons. The number of aryl methyl sites for hydroxylation is 1. The molecule has 0 aromatic carbocycles. The van der Waals surface area contributed by atoms with Gasteiger partial charge in [0.05, 0.1) is 0 Å². The number of hydrogen-bond donors (Lipinski definition) is 0. The van der Waals surface area contributed by atoms with Gasteiger partial charge in [0, 0.05) is 24.1 Å². The second-order valence-corrected chi connectivity index (χ2v) is 4.71. The van der Waals surface area contributed by atoms with E-state index in [1.165, 1.54) is 5.56 Å². The first-order valence-corrected chi connectivity index (χ1v) is 5.82. The van der Waals surface area contributed by atoms with Crippen LogP contribution in [0.4, 0.5) is 5.82 Å². The van der Waals surface area contributed by atoms with Crippen molar-refractivity contribution < 1.29 is 0 Å². The Bertz CT molecular complexity index is 310. The molecule has 0 aliphatic heterocycles. The van der Waals surface area contributed by atoms with Crippen molar-refractivity contribution in [3.63, 3.8) is 0 Å². The molecule has 0 bridgehead atoms. The zero-order valence-electron chi connectivity index (χ0n) is 9.21. The van der Waals surface area contributed by atoms with E-state index in [4.69, 9.17) is 0 Å². The second kappa shape index (κ2) is 4.30. The summed E-state index contributed by atoms with van der Waals surface area (Å²) in [5.74, 6) is 1.05. The van der Waals surface area contributed by atoms with Gasteiger partial charge in [0.1, 0.15) is 5.82 Å². The highest BCUT2D eigenvalue weighted by atomic mass is 79.9. The zero-order valence-corrected chi connectivity index (χ0v) is 10.8. The molecule has 0 atom stereocenters. The number of pyridine rings is 1. The number of halogens is 1. The molecule has 14 heavy (non-hydrogen) atoms. The SMILES string of the molecule is Cc1cccnc1N(C)C(C)(C)CBr. The highest BCUT2D eigenvalue weighted by Crippen LogP contribution is 2.24. The van der Waals surface area contributed by atoms with Gasteiger partial charge in [-0.2, -0.15) is 0 Å². The first-order valence-electron chi connectivity index (χ1n) is 4.70. The Balaban J connectivity index is 3.00. The predicted octanol–water partition coefficient (Wildman–Crippen LogP) is 3.00. The summed E-state index contributed by atoms with van der Waals surface area (Å²) in [5.41, 5.74) is 1.29. The molecule has 1 rings (SSSR count). The quantitative estimate of drug-likeness (QED) is 0.774. The Morgan fingerprint density at radius 1 is 1.50 bits per heavy atom. The maximum absolute atomic E-state index is 4.40. The van der Waals surface area contributed by atoms with Crippen molar-refractivity contribution >= 4 is 21.7 Å². The number of alkyl halides is 1. The number of nitrogens with zero attached hydrogens (tertiary/aromatic N) is 2. The lowest BCUT2D eigenvalue weighted by Gasteiger charge is -2.35. The van der Waals surface area contributed by atoms with Gasteiger partial charge in [-0.25, -0.2) is 4.98 Å². The van der Waals surface area contributed by atoms with Crippen molar-refractivity contribution in [1.82, 2.24) is 4.98 Å². The lowest BCUT2D eigenvalue weighted by molar-refractivity contribution is 0.546. The topological polar surface area (TPSA) is 16.1 Å². The van der Waals surface area contributed by atoms with E-state index in [1.54, 1.807) is 0 Å². The summed E-state index contributed by atoms with van der Waals surface area (Å²) in [7, 11) is 2.08. The molecule has 0 fully saturated rings. The molecule has 1 heterocycles. The average Bonchev–Trinajstić information content (AvgIpc) is 2.17. The van der Waals surface area contributed by atoms with E-state index in [9.17, 15) is 0 Å². The Labute approximate surface area is 94.5 Å². The van der Waals surface area contributed by atoms with Gasteiger partial charge in [0.25, 0.3) is 0 Å². The van der Waals surface area contributed by atoms with E-state index < -0.39 is 0 Å².